The molecule has 0 atom stereocenters. The van der Waals surface area contributed by atoms with Crippen molar-refractivity contribution in [3.63, 3.8) is 0 Å². The molecule has 0 radical (unpaired) electrons. The molecule has 130 valence electrons. The normalized spacial score (nSPS) is 13.4. The molecule has 0 saturated heterocycles. The molecular formula is C22H20N2O2. The van der Waals surface area contributed by atoms with Gasteiger partial charge in [0.15, 0.2) is 0 Å². The molecule has 0 heterocycles. The lowest BCUT2D eigenvalue weighted by atomic mass is 10.0. The van der Waals surface area contributed by atoms with Crippen molar-refractivity contribution in [3.8, 4) is 0 Å². The van der Waals surface area contributed by atoms with E-state index >= 15 is 0 Å². The first-order valence-electron chi connectivity index (χ1n) is 8.86. The van der Waals surface area contributed by atoms with Crippen molar-refractivity contribution in [2.45, 2.75) is 19.3 Å². The number of benzene rings is 3. The topological polar surface area (TPSA) is 58.2 Å². The number of nitrogens with one attached hydrogen (secondary N) is 2. The summed E-state index contributed by atoms with van der Waals surface area (Å²) in [5, 5.41) is 8.09. The monoisotopic (exact) mass is 344 g/mol. The van der Waals surface area contributed by atoms with Crippen LogP contribution in [0.15, 0.2) is 66.7 Å². The number of hydrogen-bond acceptors (Lipinski definition) is 2. The molecule has 26 heavy (non-hydrogen) atoms. The fourth-order valence-corrected chi connectivity index (χ4v) is 3.00. The van der Waals surface area contributed by atoms with Crippen molar-refractivity contribution in [2.24, 2.45) is 5.92 Å². The minimum Gasteiger partial charge on any atom is -0.326 e. The molecule has 3 aromatic rings. The quantitative estimate of drug-likeness (QED) is 0.722. The van der Waals surface area contributed by atoms with Crippen LogP contribution in [0, 0.1) is 5.92 Å². The summed E-state index contributed by atoms with van der Waals surface area (Å²) in [4.78, 5) is 24.2. The zero-order valence-corrected chi connectivity index (χ0v) is 14.4. The van der Waals surface area contributed by atoms with E-state index in [-0.39, 0.29) is 17.7 Å². The third-order valence-electron chi connectivity index (χ3n) is 4.54. The minimum atomic E-state index is -0.0778. The Morgan fingerprint density at radius 1 is 0.808 bits per heavy atom. The van der Waals surface area contributed by atoms with Crippen molar-refractivity contribution < 1.29 is 9.59 Å². The Morgan fingerprint density at radius 2 is 1.54 bits per heavy atom. The summed E-state index contributed by atoms with van der Waals surface area (Å²) in [5.74, 6) is 0.136. The van der Waals surface area contributed by atoms with E-state index in [0.29, 0.717) is 17.8 Å². The average Bonchev–Trinajstić information content (AvgIpc) is 3.47. The summed E-state index contributed by atoms with van der Waals surface area (Å²) in [6.45, 7) is 0. The van der Waals surface area contributed by atoms with Gasteiger partial charge in [-0.3, -0.25) is 9.59 Å². The highest BCUT2D eigenvalue weighted by Crippen LogP contribution is 2.30. The van der Waals surface area contributed by atoms with Crippen molar-refractivity contribution in [1.29, 1.82) is 0 Å². The van der Waals surface area contributed by atoms with Gasteiger partial charge in [0.25, 0.3) is 0 Å². The van der Waals surface area contributed by atoms with Gasteiger partial charge in [-0.15, -0.1) is 0 Å². The number of carbonyl (C=O) groups is 2. The second kappa shape index (κ2) is 7.00. The van der Waals surface area contributed by atoms with Crippen molar-refractivity contribution in [1.82, 2.24) is 0 Å². The predicted octanol–water partition coefficient (Wildman–Crippen LogP) is 4.37. The van der Waals surface area contributed by atoms with E-state index in [4.69, 9.17) is 0 Å². The molecule has 2 N–H and O–H groups in total. The number of carbonyl (C=O) groups excluding carboxylic acids is 2. The average molecular weight is 344 g/mol. The molecule has 0 aromatic heterocycles. The van der Waals surface area contributed by atoms with Gasteiger partial charge in [-0.2, -0.15) is 0 Å². The lowest BCUT2D eigenvalue weighted by Crippen LogP contribution is -2.16. The summed E-state index contributed by atoms with van der Waals surface area (Å²) in [6, 6.07) is 21.4. The predicted molar refractivity (Wildman–Crippen MR) is 104 cm³/mol. The fraction of sp³-hybridized carbons (Fsp3) is 0.182. The Balaban J connectivity index is 1.41. The molecule has 0 bridgehead atoms. The van der Waals surface area contributed by atoms with Gasteiger partial charge in [-0.1, -0.05) is 48.5 Å². The first-order valence-corrected chi connectivity index (χ1v) is 8.86. The Labute approximate surface area is 152 Å². The van der Waals surface area contributed by atoms with Gasteiger partial charge in [0, 0.05) is 17.3 Å². The maximum Gasteiger partial charge on any atom is 0.228 e. The van der Waals surface area contributed by atoms with Crippen LogP contribution < -0.4 is 10.6 Å². The van der Waals surface area contributed by atoms with E-state index in [2.05, 4.69) is 16.7 Å². The Kier molecular flexibility index (Phi) is 4.40. The van der Waals surface area contributed by atoms with Crippen LogP contribution >= 0.6 is 0 Å². The lowest BCUT2D eigenvalue weighted by molar-refractivity contribution is -0.117. The van der Waals surface area contributed by atoms with E-state index in [1.54, 1.807) is 6.07 Å². The van der Waals surface area contributed by atoms with Crippen LogP contribution in [0.25, 0.3) is 10.8 Å². The van der Waals surface area contributed by atoms with Crippen LogP contribution in [-0.2, 0) is 16.0 Å². The number of anilines is 2. The maximum absolute atomic E-state index is 12.4. The van der Waals surface area contributed by atoms with E-state index in [0.717, 1.165) is 29.2 Å². The summed E-state index contributed by atoms with van der Waals surface area (Å²) >= 11 is 0. The smallest absolute Gasteiger partial charge is 0.228 e. The van der Waals surface area contributed by atoms with Crippen LogP contribution in [0.3, 0.4) is 0 Å². The van der Waals surface area contributed by atoms with E-state index < -0.39 is 0 Å². The van der Waals surface area contributed by atoms with Crippen LogP contribution in [0.1, 0.15) is 18.4 Å². The van der Waals surface area contributed by atoms with Crippen LogP contribution in [0.2, 0.25) is 0 Å². The zero-order valence-electron chi connectivity index (χ0n) is 14.4. The SMILES string of the molecule is O=C(Cc1ccc2ccccc2c1)Nc1cccc(NC(=O)C2CC2)c1. The van der Waals surface area contributed by atoms with Gasteiger partial charge in [0.2, 0.25) is 11.8 Å². The maximum atomic E-state index is 12.4. The molecule has 4 rings (SSSR count). The summed E-state index contributed by atoms with van der Waals surface area (Å²) in [5.41, 5.74) is 2.37. The highest BCUT2D eigenvalue weighted by molar-refractivity contribution is 5.96. The third-order valence-corrected chi connectivity index (χ3v) is 4.54. The molecule has 1 aliphatic rings. The molecule has 4 nitrogen and oxygen atoms in total. The molecule has 4 heteroatoms. The third kappa shape index (κ3) is 3.91. The second-order valence-electron chi connectivity index (χ2n) is 6.75. The first-order chi connectivity index (χ1) is 12.7. The molecule has 1 fully saturated rings. The first kappa shape index (κ1) is 16.3. The molecule has 1 saturated carbocycles. The molecular weight excluding hydrogens is 324 g/mol. The molecule has 0 aliphatic heterocycles. The molecule has 1 aliphatic carbocycles. The van der Waals surface area contributed by atoms with Gasteiger partial charge < -0.3 is 10.6 Å². The second-order valence-corrected chi connectivity index (χ2v) is 6.75. The Morgan fingerprint density at radius 3 is 2.31 bits per heavy atom. The van der Waals surface area contributed by atoms with E-state index in [9.17, 15) is 9.59 Å². The summed E-state index contributed by atoms with van der Waals surface area (Å²) in [6.07, 6.45) is 2.24. The van der Waals surface area contributed by atoms with Crippen LogP contribution in [0.4, 0.5) is 11.4 Å². The standard InChI is InChI=1S/C22H20N2O2/c25-21(13-15-8-9-16-4-1-2-5-18(16)12-15)23-19-6-3-7-20(14-19)24-22(26)17-10-11-17/h1-9,12,14,17H,10-11,13H2,(H,23,25)(H,24,26). The minimum absolute atomic E-state index is 0.0599. The number of rotatable bonds is 5. The summed E-state index contributed by atoms with van der Waals surface area (Å²) in [7, 11) is 0. The van der Waals surface area contributed by atoms with Crippen molar-refractivity contribution in [3.05, 3.63) is 72.3 Å². The highest BCUT2D eigenvalue weighted by atomic mass is 16.2. The lowest BCUT2D eigenvalue weighted by Gasteiger charge is -2.09. The van der Waals surface area contributed by atoms with Gasteiger partial charge in [-0.25, -0.2) is 0 Å². The van der Waals surface area contributed by atoms with Crippen molar-refractivity contribution in [2.75, 3.05) is 10.6 Å². The van der Waals surface area contributed by atoms with Gasteiger partial charge in [-0.05, 0) is 47.4 Å². The summed E-state index contributed by atoms with van der Waals surface area (Å²) < 4.78 is 0. The molecule has 3 aromatic carbocycles. The Bertz CT molecular complexity index is 977. The highest BCUT2D eigenvalue weighted by Gasteiger charge is 2.29. The molecule has 0 unspecified atom stereocenters. The number of amides is 2. The largest absolute Gasteiger partial charge is 0.326 e. The van der Waals surface area contributed by atoms with E-state index in [1.165, 1.54) is 0 Å². The molecule has 0 spiro atoms. The van der Waals surface area contributed by atoms with Gasteiger partial charge in [0.1, 0.15) is 0 Å². The van der Waals surface area contributed by atoms with Crippen molar-refractivity contribution >= 4 is 34.0 Å². The van der Waals surface area contributed by atoms with Crippen LogP contribution in [0.5, 0.6) is 0 Å². The zero-order chi connectivity index (χ0) is 17.9. The van der Waals surface area contributed by atoms with Gasteiger partial charge >= 0.3 is 0 Å². The number of hydrogen-bond donors (Lipinski definition) is 2. The molecule has 2 amide bonds. The van der Waals surface area contributed by atoms with Gasteiger partial charge in [0.05, 0.1) is 6.42 Å². The number of fused-ring (bicyclic) bond motifs is 1. The van der Waals surface area contributed by atoms with Crippen LogP contribution in [-0.4, -0.2) is 11.8 Å². The van der Waals surface area contributed by atoms with E-state index in [1.807, 2.05) is 54.6 Å². The Hall–Kier alpha value is -3.14. The fourth-order valence-electron chi connectivity index (χ4n) is 3.00.